The van der Waals surface area contributed by atoms with Crippen molar-refractivity contribution in [1.82, 2.24) is 9.97 Å². The molecule has 0 unspecified atom stereocenters. The average Bonchev–Trinajstić information content (AvgIpc) is 2.25. The van der Waals surface area contributed by atoms with Crippen LogP contribution in [0.15, 0.2) is 12.3 Å². The van der Waals surface area contributed by atoms with Crippen LogP contribution in [-0.2, 0) is 0 Å². The highest BCUT2D eigenvalue weighted by atomic mass is 16.4. The molecule has 0 amide bonds. The van der Waals surface area contributed by atoms with Crippen molar-refractivity contribution < 1.29 is 15.0 Å². The first-order valence-corrected chi connectivity index (χ1v) is 4.11. The van der Waals surface area contributed by atoms with E-state index in [-0.39, 0.29) is 24.8 Å². The number of carbonyl (C=O) groups is 1. The van der Waals surface area contributed by atoms with Gasteiger partial charge >= 0.3 is 5.97 Å². The third-order valence-electron chi connectivity index (χ3n) is 1.41. The minimum Gasteiger partial charge on any atom is -0.477 e. The van der Waals surface area contributed by atoms with E-state index < -0.39 is 5.97 Å². The van der Waals surface area contributed by atoms with Crippen molar-refractivity contribution in [2.75, 3.05) is 18.5 Å². The first-order chi connectivity index (χ1) is 7.24. The molecule has 0 atom stereocenters. The van der Waals surface area contributed by atoms with Crippen LogP contribution in [0.5, 0.6) is 0 Å². The van der Waals surface area contributed by atoms with Gasteiger partial charge in [-0.15, -0.1) is 0 Å². The van der Waals surface area contributed by atoms with Crippen LogP contribution >= 0.6 is 0 Å². The molecule has 0 aliphatic carbocycles. The number of rotatable bonds is 3. The lowest BCUT2D eigenvalue weighted by Crippen LogP contribution is -2.07. The molecular formula is C9H9N3O3. The Morgan fingerprint density at radius 3 is 3.00 bits per heavy atom. The highest BCUT2D eigenvalue weighted by Crippen LogP contribution is 1.99. The summed E-state index contributed by atoms with van der Waals surface area (Å²) in [6.45, 7) is 0.0430. The van der Waals surface area contributed by atoms with Crippen LogP contribution in [0.25, 0.3) is 0 Å². The van der Waals surface area contributed by atoms with E-state index in [0.717, 1.165) is 0 Å². The molecule has 1 aromatic rings. The first-order valence-electron chi connectivity index (χ1n) is 4.11. The summed E-state index contributed by atoms with van der Waals surface area (Å²) in [6, 6.07) is 1.30. The second kappa shape index (κ2) is 5.57. The molecule has 0 saturated heterocycles. The molecule has 0 bridgehead atoms. The number of aromatic nitrogens is 2. The highest BCUT2D eigenvalue weighted by molar-refractivity contribution is 5.85. The third kappa shape index (κ3) is 3.62. The van der Waals surface area contributed by atoms with Gasteiger partial charge in [0.2, 0.25) is 5.95 Å². The minimum atomic E-state index is -1.11. The number of hydrogen-bond acceptors (Lipinski definition) is 5. The summed E-state index contributed by atoms with van der Waals surface area (Å²) in [6.07, 6.45) is 1.35. The van der Waals surface area contributed by atoms with Crippen molar-refractivity contribution >= 4 is 11.9 Å². The number of anilines is 1. The lowest BCUT2D eigenvalue weighted by Gasteiger charge is -2.00. The number of nitrogens with zero attached hydrogens (tertiary/aromatic N) is 2. The largest absolute Gasteiger partial charge is 0.477 e. The number of hydrogen-bond donors (Lipinski definition) is 3. The molecule has 6 nitrogen and oxygen atoms in total. The minimum absolute atomic E-state index is 0.0809. The predicted octanol–water partition coefficient (Wildman–Crippen LogP) is -0.418. The van der Waals surface area contributed by atoms with Gasteiger partial charge in [-0.05, 0) is 6.07 Å². The quantitative estimate of drug-likeness (QED) is 0.583. The van der Waals surface area contributed by atoms with Crippen molar-refractivity contribution in [2.45, 2.75) is 0 Å². The Morgan fingerprint density at radius 1 is 1.53 bits per heavy atom. The number of carboxylic acid groups (broad SMARTS) is 1. The summed E-state index contributed by atoms with van der Waals surface area (Å²) in [5.74, 6) is 4.11. The highest BCUT2D eigenvalue weighted by Gasteiger charge is 2.04. The summed E-state index contributed by atoms with van der Waals surface area (Å²) in [5, 5.41) is 19.7. The Hall–Kier alpha value is -2.13. The fraction of sp³-hybridized carbons (Fsp3) is 0.222. The van der Waals surface area contributed by atoms with Gasteiger partial charge in [0.25, 0.3) is 0 Å². The number of aliphatic hydroxyl groups excluding tert-OH is 1. The molecular weight excluding hydrogens is 198 g/mol. The molecule has 0 radical (unpaired) electrons. The summed E-state index contributed by atoms with van der Waals surface area (Å²) in [7, 11) is 0. The second-order valence-corrected chi connectivity index (χ2v) is 2.44. The average molecular weight is 207 g/mol. The van der Waals surface area contributed by atoms with E-state index in [4.69, 9.17) is 10.2 Å². The van der Waals surface area contributed by atoms with Gasteiger partial charge in [-0.25, -0.2) is 14.8 Å². The van der Waals surface area contributed by atoms with Gasteiger partial charge in [0, 0.05) is 6.20 Å². The number of carboxylic acids is 1. The zero-order chi connectivity index (χ0) is 11.1. The van der Waals surface area contributed by atoms with Gasteiger partial charge in [-0.1, -0.05) is 11.8 Å². The van der Waals surface area contributed by atoms with Crippen LogP contribution in [0.1, 0.15) is 10.5 Å². The van der Waals surface area contributed by atoms with E-state index in [1.807, 2.05) is 0 Å². The standard InChI is InChI=1S/C9H9N3O3/c13-6-2-1-4-10-9-11-5-3-7(12-9)8(14)15/h3,5,13H,4,6H2,(H,14,15)(H,10,11,12). The fourth-order valence-corrected chi connectivity index (χ4v) is 0.805. The van der Waals surface area contributed by atoms with Gasteiger partial charge < -0.3 is 15.5 Å². The molecule has 0 saturated carbocycles. The lowest BCUT2D eigenvalue weighted by atomic mass is 10.4. The zero-order valence-electron chi connectivity index (χ0n) is 7.77. The lowest BCUT2D eigenvalue weighted by molar-refractivity contribution is 0.0690. The molecule has 0 aliphatic heterocycles. The van der Waals surface area contributed by atoms with Crippen LogP contribution in [0.4, 0.5) is 5.95 Å². The van der Waals surface area contributed by atoms with Crippen LogP contribution in [0.2, 0.25) is 0 Å². The van der Waals surface area contributed by atoms with Crippen LogP contribution < -0.4 is 5.32 Å². The molecule has 1 aromatic heterocycles. The molecule has 3 N–H and O–H groups in total. The Balaban J connectivity index is 2.62. The Bertz CT molecular complexity index is 409. The Morgan fingerprint density at radius 2 is 2.33 bits per heavy atom. The molecule has 0 aliphatic rings. The van der Waals surface area contributed by atoms with Crippen molar-refractivity contribution in [2.24, 2.45) is 0 Å². The molecule has 1 heterocycles. The van der Waals surface area contributed by atoms with E-state index >= 15 is 0 Å². The zero-order valence-corrected chi connectivity index (χ0v) is 7.77. The maximum Gasteiger partial charge on any atom is 0.354 e. The first kappa shape index (κ1) is 10.9. The molecule has 6 heteroatoms. The molecule has 1 rings (SSSR count). The summed E-state index contributed by atoms with van der Waals surface area (Å²) in [4.78, 5) is 18.1. The fourth-order valence-electron chi connectivity index (χ4n) is 0.805. The van der Waals surface area contributed by atoms with Crippen LogP contribution in [0, 0.1) is 11.8 Å². The van der Waals surface area contributed by atoms with Gasteiger partial charge in [-0.3, -0.25) is 0 Å². The van der Waals surface area contributed by atoms with Crippen LogP contribution in [-0.4, -0.2) is 39.3 Å². The molecule has 0 fully saturated rings. The van der Waals surface area contributed by atoms with Gasteiger partial charge in [0.15, 0.2) is 5.69 Å². The predicted molar refractivity (Wildman–Crippen MR) is 52.3 cm³/mol. The molecule has 0 aromatic carbocycles. The molecule has 78 valence electrons. The Labute approximate surface area is 86.0 Å². The number of aliphatic hydroxyl groups is 1. The van der Waals surface area contributed by atoms with E-state index in [0.29, 0.717) is 0 Å². The Kier molecular flexibility index (Phi) is 4.06. The van der Waals surface area contributed by atoms with E-state index in [9.17, 15) is 4.79 Å². The van der Waals surface area contributed by atoms with Crippen LogP contribution in [0.3, 0.4) is 0 Å². The monoisotopic (exact) mass is 207 g/mol. The van der Waals surface area contributed by atoms with Crippen molar-refractivity contribution in [3.05, 3.63) is 18.0 Å². The second-order valence-electron chi connectivity index (χ2n) is 2.44. The number of aromatic carboxylic acids is 1. The normalized spacial score (nSPS) is 8.87. The van der Waals surface area contributed by atoms with Crippen molar-refractivity contribution in [3.63, 3.8) is 0 Å². The van der Waals surface area contributed by atoms with Gasteiger partial charge in [-0.2, -0.15) is 0 Å². The smallest absolute Gasteiger partial charge is 0.354 e. The van der Waals surface area contributed by atoms with E-state index in [2.05, 4.69) is 27.1 Å². The topological polar surface area (TPSA) is 95.3 Å². The maximum absolute atomic E-state index is 10.6. The van der Waals surface area contributed by atoms with E-state index in [1.54, 1.807) is 0 Å². The van der Waals surface area contributed by atoms with Crippen molar-refractivity contribution in [1.29, 1.82) is 0 Å². The van der Waals surface area contributed by atoms with E-state index in [1.165, 1.54) is 12.3 Å². The summed E-state index contributed by atoms with van der Waals surface area (Å²) >= 11 is 0. The molecule has 0 spiro atoms. The van der Waals surface area contributed by atoms with Crippen molar-refractivity contribution in [3.8, 4) is 11.8 Å². The summed E-state index contributed by atoms with van der Waals surface area (Å²) < 4.78 is 0. The van der Waals surface area contributed by atoms with Gasteiger partial charge in [0.05, 0.1) is 6.54 Å². The molecule has 15 heavy (non-hydrogen) atoms. The SMILES string of the molecule is O=C(O)c1ccnc(NCC#CCO)n1. The maximum atomic E-state index is 10.6. The number of nitrogens with one attached hydrogen (secondary N) is 1. The summed E-state index contributed by atoms with van der Waals surface area (Å²) in [5.41, 5.74) is -0.0809. The van der Waals surface area contributed by atoms with Gasteiger partial charge in [0.1, 0.15) is 6.61 Å². The third-order valence-corrected chi connectivity index (χ3v) is 1.41.